The predicted octanol–water partition coefficient (Wildman–Crippen LogP) is 5.38. The second-order valence-corrected chi connectivity index (χ2v) is 4.88. The Kier molecular flexibility index (Phi) is 4.32. The van der Waals surface area contributed by atoms with Gasteiger partial charge >= 0.3 is 6.18 Å². The van der Waals surface area contributed by atoms with E-state index in [1.807, 2.05) is 0 Å². The van der Waals surface area contributed by atoms with Crippen molar-refractivity contribution in [3.63, 3.8) is 0 Å². The maximum Gasteiger partial charge on any atom is 0.390 e. The summed E-state index contributed by atoms with van der Waals surface area (Å²) in [6, 6.07) is 4.41. The molecule has 0 spiro atoms. The summed E-state index contributed by atoms with van der Waals surface area (Å²) >= 11 is 14.3. The van der Waals surface area contributed by atoms with E-state index in [0.717, 1.165) is 0 Å². The van der Waals surface area contributed by atoms with Crippen LogP contribution in [-0.4, -0.2) is 6.18 Å². The van der Waals surface area contributed by atoms with Crippen molar-refractivity contribution in [3.05, 3.63) is 33.8 Å². The lowest BCUT2D eigenvalue weighted by atomic mass is 10.1. The van der Waals surface area contributed by atoms with Crippen LogP contribution in [0.5, 0.6) is 0 Å². The lowest BCUT2D eigenvalue weighted by molar-refractivity contribution is -0.134. The maximum atomic E-state index is 12.1. The maximum absolute atomic E-state index is 12.1. The van der Waals surface area contributed by atoms with Crippen molar-refractivity contribution >= 4 is 39.1 Å². The molecule has 0 saturated carbocycles. The molecule has 0 fully saturated rings. The molecule has 1 unspecified atom stereocenters. The largest absolute Gasteiger partial charge is 0.390 e. The molecule has 0 heterocycles. The minimum Gasteiger partial charge on any atom is -0.171 e. The van der Waals surface area contributed by atoms with E-state index in [4.69, 9.17) is 23.2 Å². The molecule has 0 aliphatic carbocycles. The number of rotatable bonds is 2. The Bertz CT molecular complexity index is 352. The van der Waals surface area contributed by atoms with Crippen LogP contribution in [0.4, 0.5) is 13.2 Å². The zero-order chi connectivity index (χ0) is 11.6. The fourth-order valence-corrected chi connectivity index (χ4v) is 1.99. The number of hydrogen-bond donors (Lipinski definition) is 0. The molecule has 0 aliphatic heterocycles. The summed E-state index contributed by atoms with van der Waals surface area (Å²) in [6.45, 7) is 0. The van der Waals surface area contributed by atoms with Gasteiger partial charge in [0.2, 0.25) is 0 Å². The van der Waals surface area contributed by atoms with Crippen LogP contribution in [0.25, 0.3) is 0 Å². The van der Waals surface area contributed by atoms with Crippen molar-refractivity contribution in [2.45, 2.75) is 17.4 Å². The van der Waals surface area contributed by atoms with Crippen molar-refractivity contribution in [2.24, 2.45) is 0 Å². The Morgan fingerprint density at radius 1 is 1.20 bits per heavy atom. The minimum absolute atomic E-state index is 0.251. The summed E-state index contributed by atoms with van der Waals surface area (Å²) in [5, 5.41) is 0.577. The van der Waals surface area contributed by atoms with Gasteiger partial charge in [0.25, 0.3) is 0 Å². The molecule has 0 nitrogen and oxygen atoms in total. The van der Waals surface area contributed by atoms with Crippen molar-refractivity contribution in [1.29, 1.82) is 0 Å². The van der Waals surface area contributed by atoms with Gasteiger partial charge in [-0.1, -0.05) is 45.2 Å². The fraction of sp³-hybridized carbons (Fsp3) is 0.333. The third-order valence-electron chi connectivity index (χ3n) is 1.72. The zero-order valence-corrected chi connectivity index (χ0v) is 10.4. The van der Waals surface area contributed by atoms with Gasteiger partial charge in [0, 0.05) is 4.83 Å². The van der Waals surface area contributed by atoms with Crippen LogP contribution in [0, 0.1) is 0 Å². The lowest BCUT2D eigenvalue weighted by Gasteiger charge is -2.13. The van der Waals surface area contributed by atoms with Gasteiger partial charge in [0.05, 0.1) is 16.5 Å². The Hall–Kier alpha value is 0.0700. The first kappa shape index (κ1) is 13.1. The zero-order valence-electron chi connectivity index (χ0n) is 7.28. The third-order valence-corrected chi connectivity index (χ3v) is 3.31. The summed E-state index contributed by atoms with van der Waals surface area (Å²) in [6.07, 6.45) is -5.15. The second kappa shape index (κ2) is 4.93. The highest BCUT2D eigenvalue weighted by molar-refractivity contribution is 9.09. The monoisotopic (exact) mass is 320 g/mol. The summed E-state index contributed by atoms with van der Waals surface area (Å²) in [4.78, 5) is -0.799. The van der Waals surface area contributed by atoms with E-state index in [1.165, 1.54) is 18.2 Å². The standard InChI is InChI=1S/C9H6BrCl2F3/c10-6(4-9(13,14)15)5-1-2-7(11)8(12)3-5/h1-3,6H,4H2. The van der Waals surface area contributed by atoms with Gasteiger partial charge in [-0.3, -0.25) is 0 Å². The molecule has 6 heteroatoms. The smallest absolute Gasteiger partial charge is 0.171 e. The normalized spacial score (nSPS) is 14.0. The molecule has 15 heavy (non-hydrogen) atoms. The predicted molar refractivity (Wildman–Crippen MR) is 58.8 cm³/mol. The SMILES string of the molecule is FC(F)(F)CC(Br)c1ccc(Cl)c(Cl)c1. The Morgan fingerprint density at radius 2 is 1.80 bits per heavy atom. The highest BCUT2D eigenvalue weighted by Crippen LogP contribution is 2.37. The van der Waals surface area contributed by atoms with Crippen molar-refractivity contribution in [3.8, 4) is 0 Å². The van der Waals surface area contributed by atoms with E-state index in [1.54, 1.807) is 0 Å². The van der Waals surface area contributed by atoms with Gasteiger partial charge in [-0.15, -0.1) is 0 Å². The van der Waals surface area contributed by atoms with Crippen LogP contribution >= 0.6 is 39.1 Å². The molecule has 1 atom stereocenters. The molecule has 1 aromatic carbocycles. The van der Waals surface area contributed by atoms with Gasteiger partial charge < -0.3 is 0 Å². The number of halogens is 6. The van der Waals surface area contributed by atoms with Crippen LogP contribution in [0.3, 0.4) is 0 Å². The van der Waals surface area contributed by atoms with Crippen molar-refractivity contribution in [1.82, 2.24) is 0 Å². The van der Waals surface area contributed by atoms with Gasteiger partial charge in [-0.05, 0) is 17.7 Å². The molecule has 0 radical (unpaired) electrons. The third kappa shape index (κ3) is 4.21. The van der Waals surface area contributed by atoms with E-state index in [0.29, 0.717) is 10.6 Å². The van der Waals surface area contributed by atoms with E-state index in [-0.39, 0.29) is 5.02 Å². The molecule has 0 aliphatic rings. The Morgan fingerprint density at radius 3 is 2.27 bits per heavy atom. The summed E-state index contributed by atoms with van der Waals surface area (Å²) in [5.41, 5.74) is 0.460. The molecular weight excluding hydrogens is 316 g/mol. The molecular formula is C9H6BrCl2F3. The van der Waals surface area contributed by atoms with Crippen LogP contribution in [0.15, 0.2) is 18.2 Å². The number of alkyl halides is 4. The van der Waals surface area contributed by atoms with Crippen LogP contribution < -0.4 is 0 Å². The molecule has 0 N–H and O–H groups in total. The molecule has 0 aromatic heterocycles. The van der Waals surface area contributed by atoms with E-state index < -0.39 is 17.4 Å². The first-order chi connectivity index (χ1) is 6.79. The molecule has 84 valence electrons. The molecule has 1 rings (SSSR count). The molecule has 0 bridgehead atoms. The lowest BCUT2D eigenvalue weighted by Crippen LogP contribution is -2.10. The fourth-order valence-electron chi connectivity index (χ4n) is 1.03. The first-order valence-corrected chi connectivity index (χ1v) is 5.62. The Labute approximate surface area is 103 Å². The van der Waals surface area contributed by atoms with Crippen LogP contribution in [0.1, 0.15) is 16.8 Å². The number of hydrogen-bond acceptors (Lipinski definition) is 0. The van der Waals surface area contributed by atoms with E-state index >= 15 is 0 Å². The van der Waals surface area contributed by atoms with E-state index in [2.05, 4.69) is 15.9 Å². The van der Waals surface area contributed by atoms with Crippen molar-refractivity contribution < 1.29 is 13.2 Å². The highest BCUT2D eigenvalue weighted by atomic mass is 79.9. The first-order valence-electron chi connectivity index (χ1n) is 3.95. The summed E-state index contributed by atoms with van der Waals surface area (Å²) in [7, 11) is 0. The van der Waals surface area contributed by atoms with Gasteiger partial charge in [0.15, 0.2) is 0 Å². The molecule has 0 saturated heterocycles. The van der Waals surface area contributed by atoms with E-state index in [9.17, 15) is 13.2 Å². The molecule has 1 aromatic rings. The summed E-state index contributed by atoms with van der Waals surface area (Å²) < 4.78 is 36.2. The average molecular weight is 322 g/mol. The molecule has 0 amide bonds. The van der Waals surface area contributed by atoms with Gasteiger partial charge in [-0.2, -0.15) is 13.2 Å². The van der Waals surface area contributed by atoms with Gasteiger partial charge in [-0.25, -0.2) is 0 Å². The van der Waals surface area contributed by atoms with Crippen molar-refractivity contribution in [2.75, 3.05) is 0 Å². The topological polar surface area (TPSA) is 0 Å². The second-order valence-electron chi connectivity index (χ2n) is 2.96. The van der Waals surface area contributed by atoms with Crippen LogP contribution in [0.2, 0.25) is 10.0 Å². The van der Waals surface area contributed by atoms with Gasteiger partial charge in [0.1, 0.15) is 0 Å². The number of benzene rings is 1. The quantitative estimate of drug-likeness (QED) is 0.641. The highest BCUT2D eigenvalue weighted by Gasteiger charge is 2.31. The summed E-state index contributed by atoms with van der Waals surface area (Å²) in [5.74, 6) is 0. The van der Waals surface area contributed by atoms with Crippen LogP contribution in [-0.2, 0) is 0 Å². The minimum atomic E-state index is -4.21. The Balaban J connectivity index is 2.83. The average Bonchev–Trinajstić information content (AvgIpc) is 2.06.